The van der Waals surface area contributed by atoms with Crippen LogP contribution in [0.25, 0.3) is 0 Å². The first-order chi connectivity index (χ1) is 11.8. The van der Waals surface area contributed by atoms with Crippen molar-refractivity contribution in [2.75, 3.05) is 10.6 Å². The molecule has 0 aliphatic carbocycles. The lowest BCUT2D eigenvalue weighted by molar-refractivity contribution is 0.945. The molecule has 0 saturated carbocycles. The molecule has 1 aromatic carbocycles. The highest BCUT2D eigenvalue weighted by atomic mass is 15.3. The Morgan fingerprint density at radius 1 is 1.08 bits per heavy atom. The number of benzene rings is 1. The number of aromatic nitrogens is 4. The molecule has 0 amide bonds. The van der Waals surface area contributed by atoms with Gasteiger partial charge in [-0.25, -0.2) is 0 Å². The van der Waals surface area contributed by atoms with Gasteiger partial charge in [0.1, 0.15) is 0 Å². The molecule has 0 atom stereocenters. The van der Waals surface area contributed by atoms with E-state index in [4.69, 9.17) is 0 Å². The summed E-state index contributed by atoms with van der Waals surface area (Å²) in [5.41, 5.74) is 4.57. The minimum absolute atomic E-state index is 0.482. The summed E-state index contributed by atoms with van der Waals surface area (Å²) in [6, 6.07) is 10.2. The van der Waals surface area contributed by atoms with Crippen LogP contribution in [0.4, 0.5) is 17.5 Å². The summed E-state index contributed by atoms with van der Waals surface area (Å²) < 4.78 is 0. The molecule has 0 spiro atoms. The molecule has 3 rings (SSSR count). The van der Waals surface area contributed by atoms with Crippen molar-refractivity contribution >= 4 is 17.5 Å². The zero-order chi connectivity index (χ0) is 16.8. The maximum atomic E-state index is 4.48. The predicted molar refractivity (Wildman–Crippen MR) is 95.2 cm³/mol. The maximum Gasteiger partial charge on any atom is 0.244 e. The molecule has 2 N–H and O–H groups in total. The molecule has 0 aliphatic heterocycles. The van der Waals surface area contributed by atoms with Gasteiger partial charge >= 0.3 is 0 Å². The SMILES string of the molecule is CCc1cccc(C)c1Nc1cnnc(NCc2cccnc2)n1. The van der Waals surface area contributed by atoms with Gasteiger partial charge in [0.25, 0.3) is 0 Å². The quantitative estimate of drug-likeness (QED) is 0.724. The minimum Gasteiger partial charge on any atom is -0.349 e. The van der Waals surface area contributed by atoms with Gasteiger partial charge in [0.2, 0.25) is 5.95 Å². The van der Waals surface area contributed by atoms with Crippen LogP contribution in [0.3, 0.4) is 0 Å². The number of pyridine rings is 1. The van der Waals surface area contributed by atoms with Crippen molar-refractivity contribution in [1.82, 2.24) is 20.2 Å². The summed E-state index contributed by atoms with van der Waals surface area (Å²) in [5, 5.41) is 14.6. The number of hydrogen-bond acceptors (Lipinski definition) is 6. The number of rotatable bonds is 6. The van der Waals surface area contributed by atoms with E-state index < -0.39 is 0 Å². The third-order valence-electron chi connectivity index (χ3n) is 3.73. The molecule has 122 valence electrons. The van der Waals surface area contributed by atoms with Crippen LogP contribution in [0.15, 0.2) is 48.9 Å². The Labute approximate surface area is 141 Å². The van der Waals surface area contributed by atoms with Crippen molar-refractivity contribution in [3.05, 3.63) is 65.6 Å². The average molecular weight is 320 g/mol. The van der Waals surface area contributed by atoms with Crippen LogP contribution in [-0.2, 0) is 13.0 Å². The van der Waals surface area contributed by atoms with Crippen LogP contribution in [0.5, 0.6) is 0 Å². The summed E-state index contributed by atoms with van der Waals surface area (Å²) in [6.07, 6.45) is 6.14. The van der Waals surface area contributed by atoms with Gasteiger partial charge in [0.15, 0.2) is 5.82 Å². The highest BCUT2D eigenvalue weighted by Gasteiger charge is 2.07. The van der Waals surface area contributed by atoms with Crippen molar-refractivity contribution in [2.45, 2.75) is 26.8 Å². The average Bonchev–Trinajstić information content (AvgIpc) is 2.63. The molecule has 3 aromatic rings. The van der Waals surface area contributed by atoms with Gasteiger partial charge in [-0.3, -0.25) is 4.98 Å². The molecule has 0 saturated heterocycles. The van der Waals surface area contributed by atoms with Gasteiger partial charge in [-0.1, -0.05) is 31.2 Å². The third kappa shape index (κ3) is 3.84. The molecule has 0 bridgehead atoms. The summed E-state index contributed by atoms with van der Waals surface area (Å²) >= 11 is 0. The number of anilines is 3. The molecule has 2 aromatic heterocycles. The van der Waals surface area contributed by atoms with Crippen LogP contribution < -0.4 is 10.6 Å². The summed E-state index contributed by atoms with van der Waals surface area (Å²) in [4.78, 5) is 8.57. The van der Waals surface area contributed by atoms with Gasteiger partial charge in [0, 0.05) is 24.6 Å². The van der Waals surface area contributed by atoms with E-state index in [1.54, 1.807) is 12.4 Å². The van der Waals surface area contributed by atoms with Crippen LogP contribution in [0.2, 0.25) is 0 Å². The second-order valence-electron chi connectivity index (χ2n) is 5.47. The minimum atomic E-state index is 0.482. The maximum absolute atomic E-state index is 4.48. The Kier molecular flexibility index (Phi) is 4.96. The lowest BCUT2D eigenvalue weighted by Gasteiger charge is -2.13. The van der Waals surface area contributed by atoms with E-state index in [1.807, 2.05) is 18.3 Å². The fourth-order valence-corrected chi connectivity index (χ4v) is 2.45. The molecular weight excluding hydrogens is 300 g/mol. The number of aryl methyl sites for hydroxylation is 2. The molecule has 0 fully saturated rings. The zero-order valence-corrected chi connectivity index (χ0v) is 13.8. The standard InChI is InChI=1S/C18H20N6/c1-3-15-8-4-6-13(2)17(15)22-16-12-21-24-18(23-16)20-11-14-7-5-9-19-10-14/h4-10,12H,3,11H2,1-2H3,(H2,20,22,23,24). The van der Waals surface area contributed by atoms with Crippen molar-refractivity contribution < 1.29 is 0 Å². The highest BCUT2D eigenvalue weighted by Crippen LogP contribution is 2.24. The second-order valence-corrected chi connectivity index (χ2v) is 5.47. The Bertz CT molecular complexity index is 804. The Balaban J connectivity index is 1.74. The van der Waals surface area contributed by atoms with Gasteiger partial charge in [-0.15, -0.1) is 5.10 Å². The summed E-state index contributed by atoms with van der Waals surface area (Å²) in [5.74, 6) is 1.15. The van der Waals surface area contributed by atoms with E-state index in [0.29, 0.717) is 18.3 Å². The lowest BCUT2D eigenvalue weighted by atomic mass is 10.1. The zero-order valence-electron chi connectivity index (χ0n) is 13.8. The van der Waals surface area contributed by atoms with Crippen LogP contribution >= 0.6 is 0 Å². The molecule has 2 heterocycles. The molecular formula is C18H20N6. The van der Waals surface area contributed by atoms with E-state index in [1.165, 1.54) is 11.1 Å². The molecule has 0 unspecified atom stereocenters. The monoisotopic (exact) mass is 320 g/mol. The van der Waals surface area contributed by atoms with Gasteiger partial charge in [-0.2, -0.15) is 10.1 Å². The van der Waals surface area contributed by atoms with E-state index in [2.05, 4.69) is 62.8 Å². The summed E-state index contributed by atoms with van der Waals surface area (Å²) in [7, 11) is 0. The van der Waals surface area contributed by atoms with Gasteiger partial charge in [-0.05, 0) is 36.1 Å². The predicted octanol–water partition coefficient (Wildman–Crippen LogP) is 3.49. The number of nitrogens with zero attached hydrogens (tertiary/aromatic N) is 4. The third-order valence-corrected chi connectivity index (χ3v) is 3.73. The first-order valence-corrected chi connectivity index (χ1v) is 7.94. The number of nitrogens with one attached hydrogen (secondary N) is 2. The van der Waals surface area contributed by atoms with E-state index in [9.17, 15) is 0 Å². The molecule has 6 nitrogen and oxygen atoms in total. The molecule has 24 heavy (non-hydrogen) atoms. The fourth-order valence-electron chi connectivity index (χ4n) is 2.45. The van der Waals surface area contributed by atoms with Crippen molar-refractivity contribution in [1.29, 1.82) is 0 Å². The highest BCUT2D eigenvalue weighted by molar-refractivity contribution is 5.64. The smallest absolute Gasteiger partial charge is 0.244 e. The largest absolute Gasteiger partial charge is 0.349 e. The van der Waals surface area contributed by atoms with E-state index in [-0.39, 0.29) is 0 Å². The van der Waals surface area contributed by atoms with Crippen LogP contribution in [0, 0.1) is 6.92 Å². The molecule has 0 radical (unpaired) electrons. The Morgan fingerprint density at radius 2 is 2.00 bits per heavy atom. The topological polar surface area (TPSA) is 75.6 Å². The van der Waals surface area contributed by atoms with E-state index in [0.717, 1.165) is 17.7 Å². The van der Waals surface area contributed by atoms with Crippen LogP contribution in [0.1, 0.15) is 23.6 Å². The number of hydrogen-bond donors (Lipinski definition) is 2. The summed E-state index contributed by atoms with van der Waals surface area (Å²) in [6.45, 7) is 4.82. The first-order valence-electron chi connectivity index (χ1n) is 7.94. The molecule has 6 heteroatoms. The van der Waals surface area contributed by atoms with Crippen molar-refractivity contribution in [3.8, 4) is 0 Å². The first kappa shape index (κ1) is 15.9. The van der Waals surface area contributed by atoms with Crippen LogP contribution in [-0.4, -0.2) is 20.2 Å². The van der Waals surface area contributed by atoms with Gasteiger partial charge in [0.05, 0.1) is 6.20 Å². The Morgan fingerprint density at radius 3 is 2.79 bits per heavy atom. The normalized spacial score (nSPS) is 10.4. The van der Waals surface area contributed by atoms with Crippen molar-refractivity contribution in [2.24, 2.45) is 0 Å². The van der Waals surface area contributed by atoms with Crippen molar-refractivity contribution in [3.63, 3.8) is 0 Å². The van der Waals surface area contributed by atoms with E-state index >= 15 is 0 Å². The number of para-hydroxylation sites is 1. The second kappa shape index (κ2) is 7.50. The lowest BCUT2D eigenvalue weighted by Crippen LogP contribution is -2.07. The molecule has 0 aliphatic rings. The Hall–Kier alpha value is -3.02. The fraction of sp³-hybridized carbons (Fsp3) is 0.222. The van der Waals surface area contributed by atoms with Gasteiger partial charge < -0.3 is 10.6 Å².